The lowest BCUT2D eigenvalue weighted by Crippen LogP contribution is -2.31. The maximum atomic E-state index is 12.6. The second-order valence-electron chi connectivity index (χ2n) is 7.33. The number of hydrogen-bond donors (Lipinski definition) is 1. The summed E-state index contributed by atoms with van der Waals surface area (Å²) in [5.41, 5.74) is 0.526. The van der Waals surface area contributed by atoms with E-state index in [-0.39, 0.29) is 11.5 Å². The molecule has 1 aliphatic carbocycles. The van der Waals surface area contributed by atoms with Gasteiger partial charge in [0.2, 0.25) is 5.91 Å². The van der Waals surface area contributed by atoms with Gasteiger partial charge in [0.1, 0.15) is 5.82 Å². The normalized spacial score (nSPS) is 15.3. The van der Waals surface area contributed by atoms with Gasteiger partial charge in [0.15, 0.2) is 0 Å². The van der Waals surface area contributed by atoms with Crippen molar-refractivity contribution in [2.24, 2.45) is 5.92 Å². The molecule has 0 bridgehead atoms. The molecule has 2 aromatic rings. The molecule has 0 radical (unpaired) electrons. The number of aromatic nitrogens is 2. The number of rotatable bonds is 7. The van der Waals surface area contributed by atoms with Crippen LogP contribution in [-0.4, -0.2) is 27.3 Å². The van der Waals surface area contributed by atoms with E-state index in [0.29, 0.717) is 36.2 Å². The van der Waals surface area contributed by atoms with E-state index >= 15 is 0 Å². The van der Waals surface area contributed by atoms with Crippen LogP contribution in [0.15, 0.2) is 29.1 Å². The zero-order chi connectivity index (χ0) is 18.4. The van der Waals surface area contributed by atoms with Crippen molar-refractivity contribution in [3.05, 3.63) is 40.4 Å². The van der Waals surface area contributed by atoms with E-state index in [0.717, 1.165) is 18.8 Å². The molecule has 1 saturated carbocycles. The molecule has 1 heterocycles. The molecule has 5 nitrogen and oxygen atoms in total. The Morgan fingerprint density at radius 1 is 1.23 bits per heavy atom. The predicted octanol–water partition coefficient (Wildman–Crippen LogP) is 4.02. The van der Waals surface area contributed by atoms with Gasteiger partial charge in [-0.2, -0.15) is 0 Å². The van der Waals surface area contributed by atoms with E-state index in [4.69, 9.17) is 0 Å². The number of para-hydroxylation sites is 1. The van der Waals surface area contributed by atoms with Crippen molar-refractivity contribution >= 4 is 16.8 Å². The van der Waals surface area contributed by atoms with Crippen LogP contribution in [0, 0.1) is 5.92 Å². The monoisotopic (exact) mass is 355 g/mol. The van der Waals surface area contributed by atoms with Crippen molar-refractivity contribution in [3.63, 3.8) is 0 Å². The van der Waals surface area contributed by atoms with Gasteiger partial charge in [0.05, 0.1) is 17.4 Å². The zero-order valence-corrected chi connectivity index (χ0v) is 15.7. The molecule has 1 aromatic carbocycles. The highest BCUT2D eigenvalue weighted by molar-refractivity contribution is 5.77. The average Bonchev–Trinajstić information content (AvgIpc) is 2.67. The highest BCUT2D eigenvalue weighted by Gasteiger charge is 2.17. The number of carbonyl (C=O) groups excluding carboxylic acids is 1. The third kappa shape index (κ3) is 4.71. The number of fused-ring (bicyclic) bond motifs is 1. The van der Waals surface area contributed by atoms with Gasteiger partial charge in [-0.15, -0.1) is 0 Å². The third-order valence-corrected chi connectivity index (χ3v) is 5.46. The first kappa shape index (κ1) is 18.6. The minimum atomic E-state index is -0.147. The topological polar surface area (TPSA) is 66.1 Å². The molecule has 1 amide bonds. The summed E-state index contributed by atoms with van der Waals surface area (Å²) in [6.07, 6.45) is 9.43. The SMILES string of the molecule is CCN(Cc1nc2ccccc2c(=O)[nH]1)C(=O)CCCC1CCCCC1. The van der Waals surface area contributed by atoms with Crippen LogP contribution in [-0.2, 0) is 11.3 Å². The van der Waals surface area contributed by atoms with Crippen molar-refractivity contribution in [1.29, 1.82) is 0 Å². The van der Waals surface area contributed by atoms with E-state index in [1.165, 1.54) is 32.1 Å². The summed E-state index contributed by atoms with van der Waals surface area (Å²) in [7, 11) is 0. The number of nitrogens with one attached hydrogen (secondary N) is 1. The molecule has 140 valence electrons. The summed E-state index contributed by atoms with van der Waals surface area (Å²) in [6.45, 7) is 2.95. The van der Waals surface area contributed by atoms with E-state index < -0.39 is 0 Å². The van der Waals surface area contributed by atoms with Gasteiger partial charge >= 0.3 is 0 Å². The van der Waals surface area contributed by atoms with E-state index in [2.05, 4.69) is 9.97 Å². The lowest BCUT2D eigenvalue weighted by atomic mass is 9.86. The first-order chi connectivity index (χ1) is 12.7. The number of carbonyl (C=O) groups is 1. The van der Waals surface area contributed by atoms with Crippen LogP contribution in [0.3, 0.4) is 0 Å². The third-order valence-electron chi connectivity index (χ3n) is 5.46. The van der Waals surface area contributed by atoms with Crippen LogP contribution < -0.4 is 5.56 Å². The Bertz CT molecular complexity index is 793. The van der Waals surface area contributed by atoms with Crippen molar-refractivity contribution in [2.75, 3.05) is 6.54 Å². The van der Waals surface area contributed by atoms with Gasteiger partial charge in [-0.1, -0.05) is 44.2 Å². The molecule has 1 aliphatic rings. The number of nitrogens with zero attached hydrogens (tertiary/aromatic N) is 2. The van der Waals surface area contributed by atoms with Crippen LogP contribution in [0.5, 0.6) is 0 Å². The molecule has 1 fully saturated rings. The van der Waals surface area contributed by atoms with Crippen LogP contribution in [0.25, 0.3) is 10.9 Å². The number of amides is 1. The molecule has 0 unspecified atom stereocenters. The van der Waals surface area contributed by atoms with Gasteiger partial charge in [-0.3, -0.25) is 9.59 Å². The van der Waals surface area contributed by atoms with Gasteiger partial charge in [0.25, 0.3) is 5.56 Å². The molecule has 0 aliphatic heterocycles. The molecule has 26 heavy (non-hydrogen) atoms. The van der Waals surface area contributed by atoms with Crippen LogP contribution in [0.2, 0.25) is 0 Å². The lowest BCUT2D eigenvalue weighted by Gasteiger charge is -2.23. The highest BCUT2D eigenvalue weighted by Crippen LogP contribution is 2.27. The Hall–Kier alpha value is -2.17. The lowest BCUT2D eigenvalue weighted by molar-refractivity contribution is -0.131. The van der Waals surface area contributed by atoms with Gasteiger partial charge in [0, 0.05) is 13.0 Å². The summed E-state index contributed by atoms with van der Waals surface area (Å²) < 4.78 is 0. The molecule has 3 rings (SSSR count). The number of H-pyrrole nitrogens is 1. The molecular formula is C21H29N3O2. The molecule has 0 spiro atoms. The molecular weight excluding hydrogens is 326 g/mol. The fraction of sp³-hybridized carbons (Fsp3) is 0.571. The maximum absolute atomic E-state index is 12.6. The fourth-order valence-corrected chi connectivity index (χ4v) is 3.94. The Morgan fingerprint density at radius 3 is 2.77 bits per heavy atom. The quantitative estimate of drug-likeness (QED) is 0.816. The summed E-state index contributed by atoms with van der Waals surface area (Å²) >= 11 is 0. The molecule has 5 heteroatoms. The Kier molecular flexibility index (Phi) is 6.42. The highest BCUT2D eigenvalue weighted by atomic mass is 16.2. The fourth-order valence-electron chi connectivity index (χ4n) is 3.94. The molecule has 0 atom stereocenters. The van der Waals surface area contributed by atoms with Crippen molar-refractivity contribution in [3.8, 4) is 0 Å². The minimum Gasteiger partial charge on any atom is -0.336 e. The molecule has 1 aromatic heterocycles. The average molecular weight is 355 g/mol. The van der Waals surface area contributed by atoms with Crippen molar-refractivity contribution < 1.29 is 4.79 Å². The van der Waals surface area contributed by atoms with Crippen molar-refractivity contribution in [1.82, 2.24) is 14.9 Å². The van der Waals surface area contributed by atoms with E-state index in [1.54, 1.807) is 11.0 Å². The number of aromatic amines is 1. The smallest absolute Gasteiger partial charge is 0.258 e. The summed E-state index contributed by atoms with van der Waals surface area (Å²) in [5.74, 6) is 1.51. The van der Waals surface area contributed by atoms with Crippen LogP contribution in [0.1, 0.15) is 64.1 Å². The Labute approximate surface area is 154 Å². The number of benzene rings is 1. The largest absolute Gasteiger partial charge is 0.336 e. The van der Waals surface area contributed by atoms with Gasteiger partial charge in [-0.25, -0.2) is 4.98 Å². The maximum Gasteiger partial charge on any atom is 0.258 e. The van der Waals surface area contributed by atoms with E-state index in [9.17, 15) is 9.59 Å². The Morgan fingerprint density at radius 2 is 2.00 bits per heavy atom. The van der Waals surface area contributed by atoms with E-state index in [1.807, 2.05) is 25.1 Å². The second-order valence-corrected chi connectivity index (χ2v) is 7.33. The standard InChI is InChI=1S/C21H29N3O2/c1-2-24(20(25)14-8-11-16-9-4-3-5-10-16)15-19-22-18-13-7-6-12-17(18)21(26)23-19/h6-7,12-13,16H,2-5,8-11,14-15H2,1H3,(H,22,23,26). The summed E-state index contributed by atoms with van der Waals surface area (Å²) in [4.78, 5) is 33.9. The first-order valence-electron chi connectivity index (χ1n) is 9.93. The first-order valence-corrected chi connectivity index (χ1v) is 9.93. The van der Waals surface area contributed by atoms with Gasteiger partial charge in [-0.05, 0) is 37.8 Å². The van der Waals surface area contributed by atoms with Crippen LogP contribution in [0.4, 0.5) is 0 Å². The minimum absolute atomic E-state index is 0.147. The van der Waals surface area contributed by atoms with Crippen molar-refractivity contribution in [2.45, 2.75) is 64.8 Å². The Balaban J connectivity index is 1.58. The predicted molar refractivity (Wildman–Crippen MR) is 104 cm³/mol. The molecule has 0 saturated heterocycles. The van der Waals surface area contributed by atoms with Gasteiger partial charge < -0.3 is 9.88 Å². The summed E-state index contributed by atoms with van der Waals surface area (Å²) in [5, 5.41) is 0.582. The zero-order valence-electron chi connectivity index (χ0n) is 15.7. The van der Waals surface area contributed by atoms with Crippen LogP contribution >= 0.6 is 0 Å². The molecule has 1 N–H and O–H groups in total. The summed E-state index contributed by atoms with van der Waals surface area (Å²) in [6, 6.07) is 7.29. The number of hydrogen-bond acceptors (Lipinski definition) is 3. The second kappa shape index (κ2) is 8.97.